The maximum Gasteiger partial charge on any atom is 0.223 e. The molecule has 0 aromatic heterocycles. The summed E-state index contributed by atoms with van der Waals surface area (Å²) in [5, 5.41) is 0. The maximum atomic E-state index is 12.0. The molecule has 4 nitrogen and oxygen atoms in total. The Morgan fingerprint density at radius 1 is 1.42 bits per heavy atom. The quantitative estimate of drug-likeness (QED) is 0.540. The van der Waals surface area contributed by atoms with Crippen molar-refractivity contribution in [3.8, 4) is 0 Å². The molecule has 1 unspecified atom stereocenters. The van der Waals surface area contributed by atoms with Gasteiger partial charge in [-0.3, -0.25) is 4.79 Å². The van der Waals surface area contributed by atoms with Crippen LogP contribution < -0.4 is 0 Å². The van der Waals surface area contributed by atoms with E-state index in [0.717, 1.165) is 52.0 Å². The molecule has 2 rings (SSSR count). The van der Waals surface area contributed by atoms with Gasteiger partial charge in [0.05, 0.1) is 0 Å². The molecule has 0 aromatic rings. The molecule has 19 heavy (non-hydrogen) atoms. The van der Waals surface area contributed by atoms with E-state index in [-0.39, 0.29) is 0 Å². The van der Waals surface area contributed by atoms with Gasteiger partial charge in [0.1, 0.15) is 0 Å². The molecule has 108 valence electrons. The number of hydrogen-bond acceptors (Lipinski definition) is 3. The molecule has 0 bridgehead atoms. The van der Waals surface area contributed by atoms with Crippen LogP contribution in [0.3, 0.4) is 0 Å². The zero-order chi connectivity index (χ0) is 13.7. The van der Waals surface area contributed by atoms with Crippen LogP contribution in [0, 0.1) is 5.92 Å². The molecule has 2 heterocycles. The number of ether oxygens (including phenoxy) is 1. The van der Waals surface area contributed by atoms with Crippen LogP contribution in [0.1, 0.15) is 25.7 Å². The van der Waals surface area contributed by atoms with Gasteiger partial charge in [0.15, 0.2) is 0 Å². The van der Waals surface area contributed by atoms with Crippen molar-refractivity contribution in [2.75, 3.05) is 39.9 Å². The highest BCUT2D eigenvalue weighted by molar-refractivity contribution is 5.79. The van der Waals surface area contributed by atoms with Crippen LogP contribution in [0.15, 0.2) is 12.7 Å². The van der Waals surface area contributed by atoms with Crippen LogP contribution >= 0.6 is 0 Å². The lowest BCUT2D eigenvalue weighted by Gasteiger charge is -2.36. The van der Waals surface area contributed by atoms with Gasteiger partial charge in [-0.2, -0.15) is 0 Å². The number of carbonyl (C=O) groups is 1. The Kier molecular flexibility index (Phi) is 5.40. The number of amides is 1. The summed E-state index contributed by atoms with van der Waals surface area (Å²) >= 11 is 0. The molecule has 1 amide bonds. The lowest BCUT2D eigenvalue weighted by atomic mass is 10.0. The van der Waals surface area contributed by atoms with Gasteiger partial charge in [0.2, 0.25) is 5.91 Å². The van der Waals surface area contributed by atoms with Crippen molar-refractivity contribution in [1.29, 1.82) is 0 Å². The number of nitrogens with zero attached hydrogens (tertiary/aromatic N) is 2. The molecule has 2 aliphatic heterocycles. The Bertz CT molecular complexity index is 311. The van der Waals surface area contributed by atoms with Gasteiger partial charge in [0, 0.05) is 58.3 Å². The number of rotatable bonds is 6. The smallest absolute Gasteiger partial charge is 0.223 e. The summed E-state index contributed by atoms with van der Waals surface area (Å²) in [6.07, 6.45) is 5.92. The third-order valence-electron chi connectivity index (χ3n) is 4.34. The van der Waals surface area contributed by atoms with E-state index in [1.54, 1.807) is 7.11 Å². The van der Waals surface area contributed by atoms with E-state index in [2.05, 4.69) is 16.4 Å². The van der Waals surface area contributed by atoms with Gasteiger partial charge in [-0.05, 0) is 19.3 Å². The fourth-order valence-electron chi connectivity index (χ4n) is 3.16. The lowest BCUT2D eigenvalue weighted by Crippen LogP contribution is -2.45. The first kappa shape index (κ1) is 14.5. The molecule has 2 aliphatic rings. The molecule has 0 aliphatic carbocycles. The summed E-state index contributed by atoms with van der Waals surface area (Å²) in [5.74, 6) is 0.690. The van der Waals surface area contributed by atoms with E-state index >= 15 is 0 Å². The predicted octanol–water partition coefficient (Wildman–Crippen LogP) is 1.52. The highest BCUT2D eigenvalue weighted by atomic mass is 16.5. The standard InChI is InChI=1S/C15H26N2O2/c1-3-13-11-15(18)17(12-13)14-5-8-16(9-6-14)7-4-10-19-2/h3,13-14H,1,4-12H2,2H3. The van der Waals surface area contributed by atoms with Crippen molar-refractivity contribution in [1.82, 2.24) is 9.80 Å². The van der Waals surface area contributed by atoms with Crippen molar-refractivity contribution in [2.45, 2.75) is 31.7 Å². The van der Waals surface area contributed by atoms with E-state index in [1.165, 1.54) is 0 Å². The SMILES string of the molecule is C=CC1CC(=O)N(C2CCN(CCCOC)CC2)C1. The Morgan fingerprint density at radius 3 is 2.74 bits per heavy atom. The van der Waals surface area contributed by atoms with Crippen molar-refractivity contribution in [3.05, 3.63) is 12.7 Å². The number of methoxy groups -OCH3 is 1. The monoisotopic (exact) mass is 266 g/mol. The molecule has 1 atom stereocenters. The molecule has 2 saturated heterocycles. The van der Waals surface area contributed by atoms with E-state index in [1.807, 2.05) is 6.08 Å². The molecular formula is C15H26N2O2. The fourth-order valence-corrected chi connectivity index (χ4v) is 3.16. The molecule has 4 heteroatoms. The molecular weight excluding hydrogens is 240 g/mol. The number of carbonyl (C=O) groups excluding carboxylic acids is 1. The summed E-state index contributed by atoms with van der Waals surface area (Å²) in [5.41, 5.74) is 0. The minimum atomic E-state index is 0.322. The highest BCUT2D eigenvalue weighted by Crippen LogP contribution is 2.25. The number of likely N-dealkylation sites (tertiary alicyclic amines) is 2. The lowest BCUT2D eigenvalue weighted by molar-refractivity contribution is -0.130. The van der Waals surface area contributed by atoms with Gasteiger partial charge in [-0.25, -0.2) is 0 Å². The van der Waals surface area contributed by atoms with E-state index in [9.17, 15) is 4.79 Å². The third-order valence-corrected chi connectivity index (χ3v) is 4.34. The van der Waals surface area contributed by atoms with Crippen LogP contribution in [-0.4, -0.2) is 61.6 Å². The van der Waals surface area contributed by atoms with Gasteiger partial charge >= 0.3 is 0 Å². The largest absolute Gasteiger partial charge is 0.385 e. The van der Waals surface area contributed by atoms with E-state index < -0.39 is 0 Å². The molecule has 0 aromatic carbocycles. The highest BCUT2D eigenvalue weighted by Gasteiger charge is 2.34. The van der Waals surface area contributed by atoms with Crippen molar-refractivity contribution >= 4 is 5.91 Å². The van der Waals surface area contributed by atoms with Crippen molar-refractivity contribution in [2.24, 2.45) is 5.92 Å². The minimum absolute atomic E-state index is 0.322. The number of piperidine rings is 1. The zero-order valence-electron chi connectivity index (χ0n) is 12.0. The summed E-state index contributed by atoms with van der Waals surface area (Å²) in [4.78, 5) is 16.6. The molecule has 0 spiro atoms. The summed E-state index contributed by atoms with van der Waals surface area (Å²) in [6, 6.07) is 0.455. The molecule has 0 N–H and O–H groups in total. The average Bonchev–Trinajstić information content (AvgIpc) is 2.81. The fraction of sp³-hybridized carbons (Fsp3) is 0.800. The second-order valence-corrected chi connectivity index (χ2v) is 5.67. The predicted molar refractivity (Wildman–Crippen MR) is 76.0 cm³/mol. The van der Waals surface area contributed by atoms with Gasteiger partial charge < -0.3 is 14.5 Å². The van der Waals surface area contributed by atoms with Crippen LogP contribution in [-0.2, 0) is 9.53 Å². The van der Waals surface area contributed by atoms with Crippen LogP contribution in [0.2, 0.25) is 0 Å². The number of hydrogen-bond donors (Lipinski definition) is 0. The Balaban J connectivity index is 1.74. The molecule has 0 radical (unpaired) electrons. The van der Waals surface area contributed by atoms with Crippen molar-refractivity contribution < 1.29 is 9.53 Å². The van der Waals surface area contributed by atoms with E-state index in [0.29, 0.717) is 24.3 Å². The van der Waals surface area contributed by atoms with Crippen LogP contribution in [0.4, 0.5) is 0 Å². The van der Waals surface area contributed by atoms with E-state index in [4.69, 9.17) is 4.74 Å². The summed E-state index contributed by atoms with van der Waals surface area (Å²) in [6.45, 7) is 8.87. The van der Waals surface area contributed by atoms with Gasteiger partial charge in [0.25, 0.3) is 0 Å². The second-order valence-electron chi connectivity index (χ2n) is 5.67. The Morgan fingerprint density at radius 2 is 2.16 bits per heavy atom. The average molecular weight is 266 g/mol. The van der Waals surface area contributed by atoms with Gasteiger partial charge in [-0.1, -0.05) is 6.08 Å². The van der Waals surface area contributed by atoms with Crippen molar-refractivity contribution in [3.63, 3.8) is 0 Å². The van der Waals surface area contributed by atoms with Crippen LogP contribution in [0.5, 0.6) is 0 Å². The Labute approximate surface area is 116 Å². The summed E-state index contributed by atoms with van der Waals surface area (Å²) < 4.78 is 5.08. The first-order valence-corrected chi connectivity index (χ1v) is 7.38. The molecule has 0 saturated carbocycles. The zero-order valence-corrected chi connectivity index (χ0v) is 12.0. The first-order chi connectivity index (χ1) is 9.24. The first-order valence-electron chi connectivity index (χ1n) is 7.38. The van der Waals surface area contributed by atoms with Gasteiger partial charge in [-0.15, -0.1) is 6.58 Å². The normalized spacial score (nSPS) is 26.1. The second kappa shape index (κ2) is 7.06. The molecule has 2 fully saturated rings. The minimum Gasteiger partial charge on any atom is -0.385 e. The third kappa shape index (κ3) is 3.80. The maximum absolute atomic E-state index is 12.0. The Hall–Kier alpha value is -0.870. The van der Waals surface area contributed by atoms with Crippen LogP contribution in [0.25, 0.3) is 0 Å². The summed E-state index contributed by atoms with van der Waals surface area (Å²) in [7, 11) is 1.75. The topological polar surface area (TPSA) is 32.8 Å².